The van der Waals surface area contributed by atoms with Gasteiger partial charge in [-0.25, -0.2) is 9.59 Å². The molecule has 0 unspecified atom stereocenters. The van der Waals surface area contributed by atoms with Crippen LogP contribution in [0.2, 0.25) is 0 Å². The normalized spacial score (nSPS) is 13.3. The smallest absolute Gasteiger partial charge is 0.413 e. The van der Waals surface area contributed by atoms with Gasteiger partial charge in [-0.3, -0.25) is 4.90 Å². The molecular weight excluding hydrogens is 402 g/mol. The molecular formula is C23H37NO7. The standard InChI is InChI=1S/C23H37NO7/c1-8-9-14-29-20(25)23(5,24(16-27-6)21(26)31-22(2,3)4)15-18-10-12-19(13-11-18)30-17-28-7/h10-13H,8-9,14-17H2,1-7H3/t23-/m0/s1. The van der Waals surface area contributed by atoms with Crippen LogP contribution in [0.5, 0.6) is 5.75 Å². The van der Waals surface area contributed by atoms with E-state index in [4.69, 9.17) is 23.7 Å². The third-order valence-electron chi connectivity index (χ3n) is 4.45. The molecule has 31 heavy (non-hydrogen) atoms. The van der Waals surface area contributed by atoms with Crippen molar-refractivity contribution < 1.29 is 33.3 Å². The average molecular weight is 440 g/mol. The molecule has 8 heteroatoms. The minimum absolute atomic E-state index is 0.122. The molecule has 0 heterocycles. The Labute approximate surface area is 185 Å². The van der Waals surface area contributed by atoms with Crippen LogP contribution in [0.1, 0.15) is 53.0 Å². The number of carbonyl (C=O) groups is 2. The zero-order valence-electron chi connectivity index (χ0n) is 19.9. The first-order valence-electron chi connectivity index (χ1n) is 10.4. The van der Waals surface area contributed by atoms with E-state index < -0.39 is 23.2 Å². The van der Waals surface area contributed by atoms with Crippen LogP contribution in [-0.2, 0) is 30.2 Å². The van der Waals surface area contributed by atoms with E-state index in [9.17, 15) is 9.59 Å². The van der Waals surface area contributed by atoms with Crippen LogP contribution in [-0.4, -0.2) is 62.5 Å². The maximum Gasteiger partial charge on any atom is 0.413 e. The third kappa shape index (κ3) is 8.75. The minimum Gasteiger partial charge on any atom is -0.468 e. The SMILES string of the molecule is CCCCOC(=O)[C@](C)(Cc1ccc(OCOC)cc1)N(COC)C(=O)OC(C)(C)C. The summed E-state index contributed by atoms with van der Waals surface area (Å²) < 4.78 is 26.6. The van der Waals surface area contributed by atoms with Crippen molar-refractivity contribution in [2.24, 2.45) is 0 Å². The summed E-state index contributed by atoms with van der Waals surface area (Å²) in [5.41, 5.74) is -1.23. The van der Waals surface area contributed by atoms with Crippen LogP contribution >= 0.6 is 0 Å². The Kier molecular flexibility index (Phi) is 10.8. The molecule has 8 nitrogen and oxygen atoms in total. The van der Waals surface area contributed by atoms with Gasteiger partial charge in [0.05, 0.1) is 6.61 Å². The molecule has 0 aromatic heterocycles. The van der Waals surface area contributed by atoms with E-state index in [2.05, 4.69) is 0 Å². The van der Waals surface area contributed by atoms with E-state index in [0.29, 0.717) is 5.75 Å². The predicted octanol–water partition coefficient (Wildman–Crippen LogP) is 4.15. The molecule has 0 fully saturated rings. The van der Waals surface area contributed by atoms with Gasteiger partial charge in [-0.05, 0) is 51.8 Å². The number of amides is 1. The summed E-state index contributed by atoms with van der Waals surface area (Å²) in [6.07, 6.45) is 1.19. The largest absolute Gasteiger partial charge is 0.468 e. The highest BCUT2D eigenvalue weighted by molar-refractivity contribution is 5.86. The molecule has 0 spiro atoms. The van der Waals surface area contributed by atoms with Crippen molar-refractivity contribution in [2.75, 3.05) is 34.4 Å². The fraction of sp³-hybridized carbons (Fsp3) is 0.652. The van der Waals surface area contributed by atoms with Crippen molar-refractivity contribution in [1.82, 2.24) is 4.90 Å². The number of nitrogens with zero attached hydrogens (tertiary/aromatic N) is 1. The second-order valence-corrected chi connectivity index (χ2v) is 8.46. The number of ether oxygens (including phenoxy) is 5. The molecule has 176 valence electrons. The Bertz CT molecular complexity index is 684. The highest BCUT2D eigenvalue weighted by atomic mass is 16.7. The van der Waals surface area contributed by atoms with Crippen LogP contribution < -0.4 is 4.74 Å². The van der Waals surface area contributed by atoms with Crippen LogP contribution in [0.3, 0.4) is 0 Å². The van der Waals surface area contributed by atoms with Crippen molar-refractivity contribution in [3.8, 4) is 5.75 Å². The molecule has 0 radical (unpaired) electrons. The highest BCUT2D eigenvalue weighted by Crippen LogP contribution is 2.27. The minimum atomic E-state index is -1.33. The number of hydrogen-bond acceptors (Lipinski definition) is 7. The number of hydrogen-bond donors (Lipinski definition) is 0. The monoisotopic (exact) mass is 439 g/mol. The van der Waals surface area contributed by atoms with Crippen molar-refractivity contribution in [3.63, 3.8) is 0 Å². The van der Waals surface area contributed by atoms with Gasteiger partial charge in [-0.15, -0.1) is 0 Å². The molecule has 1 rings (SSSR count). The van der Waals surface area contributed by atoms with E-state index in [1.54, 1.807) is 46.9 Å². The number of methoxy groups -OCH3 is 2. The number of unbranched alkanes of at least 4 members (excludes halogenated alkanes) is 1. The van der Waals surface area contributed by atoms with Crippen molar-refractivity contribution in [2.45, 2.75) is 65.0 Å². The van der Waals surface area contributed by atoms with E-state index in [0.717, 1.165) is 18.4 Å². The van der Waals surface area contributed by atoms with Gasteiger partial charge in [0, 0.05) is 20.6 Å². The Balaban J connectivity index is 3.21. The number of benzene rings is 1. The summed E-state index contributed by atoms with van der Waals surface area (Å²) in [5, 5.41) is 0. The lowest BCUT2D eigenvalue weighted by molar-refractivity contribution is -0.160. The van der Waals surface area contributed by atoms with Gasteiger partial charge >= 0.3 is 12.1 Å². The third-order valence-corrected chi connectivity index (χ3v) is 4.45. The molecule has 1 aromatic rings. The van der Waals surface area contributed by atoms with Gasteiger partial charge in [0.2, 0.25) is 0 Å². The summed E-state index contributed by atoms with van der Waals surface area (Å²) in [6, 6.07) is 7.24. The second kappa shape index (κ2) is 12.5. The molecule has 0 aliphatic heterocycles. The zero-order chi connectivity index (χ0) is 23.5. The summed E-state index contributed by atoms with van der Waals surface area (Å²) in [4.78, 5) is 27.4. The molecule has 0 saturated heterocycles. The topological polar surface area (TPSA) is 83.5 Å². The van der Waals surface area contributed by atoms with Crippen molar-refractivity contribution in [3.05, 3.63) is 29.8 Å². The first kappa shape index (κ1) is 26.7. The van der Waals surface area contributed by atoms with Gasteiger partial charge in [0.25, 0.3) is 0 Å². The molecule has 1 atom stereocenters. The number of esters is 1. The van der Waals surface area contributed by atoms with Crippen LogP contribution in [0, 0.1) is 0 Å². The zero-order valence-corrected chi connectivity index (χ0v) is 19.9. The molecule has 0 saturated carbocycles. The Morgan fingerprint density at radius 2 is 1.65 bits per heavy atom. The Morgan fingerprint density at radius 3 is 2.16 bits per heavy atom. The molecule has 0 aliphatic carbocycles. The van der Waals surface area contributed by atoms with Crippen molar-refractivity contribution in [1.29, 1.82) is 0 Å². The van der Waals surface area contributed by atoms with E-state index >= 15 is 0 Å². The summed E-state index contributed by atoms with van der Waals surface area (Å²) >= 11 is 0. The van der Waals surface area contributed by atoms with E-state index in [-0.39, 0.29) is 26.6 Å². The number of carbonyl (C=O) groups excluding carboxylic acids is 2. The first-order chi connectivity index (χ1) is 14.6. The van der Waals surface area contributed by atoms with E-state index in [1.807, 2.05) is 19.1 Å². The molecule has 0 bridgehead atoms. The summed E-state index contributed by atoms with van der Waals surface area (Å²) in [6.45, 7) is 9.29. The quantitative estimate of drug-likeness (QED) is 0.275. The van der Waals surface area contributed by atoms with Crippen LogP contribution in [0.4, 0.5) is 4.79 Å². The van der Waals surface area contributed by atoms with Crippen LogP contribution in [0.15, 0.2) is 24.3 Å². The van der Waals surface area contributed by atoms with Crippen LogP contribution in [0.25, 0.3) is 0 Å². The van der Waals surface area contributed by atoms with Crippen molar-refractivity contribution >= 4 is 12.1 Å². The maximum absolute atomic E-state index is 13.2. The molecule has 1 aromatic carbocycles. The van der Waals surface area contributed by atoms with E-state index in [1.165, 1.54) is 12.0 Å². The second-order valence-electron chi connectivity index (χ2n) is 8.46. The fourth-order valence-corrected chi connectivity index (χ4v) is 2.81. The lowest BCUT2D eigenvalue weighted by Crippen LogP contribution is -2.58. The molecule has 0 aliphatic rings. The predicted molar refractivity (Wildman–Crippen MR) is 117 cm³/mol. The lowest BCUT2D eigenvalue weighted by atomic mass is 9.91. The van der Waals surface area contributed by atoms with Gasteiger partial charge < -0.3 is 23.7 Å². The van der Waals surface area contributed by atoms with Gasteiger partial charge in [-0.2, -0.15) is 0 Å². The lowest BCUT2D eigenvalue weighted by Gasteiger charge is -2.39. The molecule has 0 N–H and O–H groups in total. The average Bonchev–Trinajstić information content (AvgIpc) is 2.70. The Morgan fingerprint density at radius 1 is 1.00 bits per heavy atom. The fourth-order valence-electron chi connectivity index (χ4n) is 2.81. The van der Waals surface area contributed by atoms with Gasteiger partial charge in [-0.1, -0.05) is 25.5 Å². The number of rotatable bonds is 12. The van der Waals surface area contributed by atoms with Gasteiger partial charge in [0.1, 0.15) is 23.6 Å². The van der Waals surface area contributed by atoms with Gasteiger partial charge in [0.15, 0.2) is 6.79 Å². The summed E-state index contributed by atoms with van der Waals surface area (Å²) in [7, 11) is 3.01. The highest BCUT2D eigenvalue weighted by Gasteiger charge is 2.45. The molecule has 1 amide bonds. The summed E-state index contributed by atoms with van der Waals surface area (Å²) in [5.74, 6) is 0.127. The first-order valence-corrected chi connectivity index (χ1v) is 10.4. The Hall–Kier alpha value is -2.32. The maximum atomic E-state index is 13.2.